The summed E-state index contributed by atoms with van der Waals surface area (Å²) < 4.78 is 5.70. The minimum Gasteiger partial charge on any atom is -0.482 e. The summed E-state index contributed by atoms with van der Waals surface area (Å²) in [5, 5.41) is 0. The molecule has 0 bridgehead atoms. The minimum atomic E-state index is -0.295. The van der Waals surface area contributed by atoms with Crippen molar-refractivity contribution in [2.24, 2.45) is 0 Å². The number of carbonyl (C=O) groups is 1. The Bertz CT molecular complexity index is 331. The second-order valence-corrected chi connectivity index (χ2v) is 3.77. The minimum absolute atomic E-state index is 0.0973. The quantitative estimate of drug-likeness (QED) is 0.739. The molecule has 0 aromatic heterocycles. The van der Waals surface area contributed by atoms with E-state index in [1.54, 1.807) is 6.92 Å². The molecule has 0 radical (unpaired) electrons. The Balaban J connectivity index is 2.74. The normalized spacial score (nSPS) is 12.2. The second-order valence-electron chi connectivity index (χ2n) is 3.77. The van der Waals surface area contributed by atoms with Crippen LogP contribution in [0, 0.1) is 6.92 Å². The maximum atomic E-state index is 11.3. The number of carbonyl (C=O) groups excluding carboxylic acids is 1. The molecule has 0 heterocycles. The molecule has 1 unspecified atom stereocenters. The lowest BCUT2D eigenvalue weighted by atomic mass is 10.1. The highest BCUT2D eigenvalue weighted by atomic mass is 16.5. The van der Waals surface area contributed by atoms with Crippen LogP contribution < -0.4 is 4.74 Å². The first-order chi connectivity index (χ1) is 7.15. The molecule has 0 aliphatic rings. The van der Waals surface area contributed by atoms with Gasteiger partial charge in [-0.3, -0.25) is 4.79 Å². The van der Waals surface area contributed by atoms with Crippen molar-refractivity contribution in [3.05, 3.63) is 29.8 Å². The van der Waals surface area contributed by atoms with Gasteiger partial charge in [0.25, 0.3) is 0 Å². The maximum Gasteiger partial charge on any atom is 0.170 e. The number of para-hydroxylation sites is 1. The Kier molecular flexibility index (Phi) is 4.35. The number of rotatable bonds is 5. The number of hydrogen-bond donors (Lipinski definition) is 0. The van der Waals surface area contributed by atoms with Crippen molar-refractivity contribution in [2.75, 3.05) is 0 Å². The first-order valence-corrected chi connectivity index (χ1v) is 5.38. The molecule has 2 nitrogen and oxygen atoms in total. The number of Topliss-reactive ketones (excluding diaryl/α,β-unsaturated/α-hetero) is 1. The zero-order valence-corrected chi connectivity index (χ0v) is 9.62. The highest BCUT2D eigenvalue weighted by Gasteiger charge is 2.15. The topological polar surface area (TPSA) is 26.3 Å². The average Bonchev–Trinajstić information content (AvgIpc) is 2.20. The van der Waals surface area contributed by atoms with E-state index >= 15 is 0 Å². The van der Waals surface area contributed by atoms with Gasteiger partial charge in [0.15, 0.2) is 11.9 Å². The molecule has 1 aromatic carbocycles. The molecular formula is C13H18O2. The predicted octanol–water partition coefficient (Wildman–Crippen LogP) is 3.13. The Morgan fingerprint density at radius 3 is 2.60 bits per heavy atom. The van der Waals surface area contributed by atoms with Gasteiger partial charge in [-0.2, -0.15) is 0 Å². The van der Waals surface area contributed by atoms with Crippen LogP contribution in [0.3, 0.4) is 0 Å². The SMILES string of the molecule is CCCC(Oc1ccccc1C)C(C)=O. The lowest BCUT2D eigenvalue weighted by molar-refractivity contribution is -0.123. The van der Waals surface area contributed by atoms with Crippen LogP contribution in [0.15, 0.2) is 24.3 Å². The smallest absolute Gasteiger partial charge is 0.170 e. The summed E-state index contributed by atoms with van der Waals surface area (Å²) in [7, 11) is 0. The molecule has 1 atom stereocenters. The van der Waals surface area contributed by atoms with Gasteiger partial charge in [-0.15, -0.1) is 0 Å². The monoisotopic (exact) mass is 206 g/mol. The molecule has 1 aromatic rings. The predicted molar refractivity (Wildman–Crippen MR) is 61.2 cm³/mol. The van der Waals surface area contributed by atoms with Crippen molar-refractivity contribution in [3.63, 3.8) is 0 Å². The Hall–Kier alpha value is -1.31. The van der Waals surface area contributed by atoms with Crippen LogP contribution in [0.4, 0.5) is 0 Å². The molecule has 0 aliphatic carbocycles. The van der Waals surface area contributed by atoms with E-state index in [9.17, 15) is 4.79 Å². The summed E-state index contributed by atoms with van der Waals surface area (Å²) in [5.41, 5.74) is 1.07. The van der Waals surface area contributed by atoms with Gasteiger partial charge in [0, 0.05) is 0 Å². The van der Waals surface area contributed by atoms with Gasteiger partial charge in [0.1, 0.15) is 5.75 Å². The number of ether oxygens (including phenoxy) is 1. The Morgan fingerprint density at radius 1 is 1.40 bits per heavy atom. The summed E-state index contributed by atoms with van der Waals surface area (Å²) in [4.78, 5) is 11.3. The van der Waals surface area contributed by atoms with Crippen molar-refractivity contribution in [1.29, 1.82) is 0 Å². The van der Waals surface area contributed by atoms with Gasteiger partial charge in [-0.05, 0) is 31.9 Å². The molecule has 0 aliphatic heterocycles. The molecule has 0 saturated heterocycles. The van der Waals surface area contributed by atoms with Crippen molar-refractivity contribution in [1.82, 2.24) is 0 Å². The fourth-order valence-corrected chi connectivity index (χ4v) is 1.45. The summed E-state index contributed by atoms with van der Waals surface area (Å²) >= 11 is 0. The van der Waals surface area contributed by atoms with Crippen LogP contribution in [-0.4, -0.2) is 11.9 Å². The van der Waals surface area contributed by atoms with Crippen LogP contribution in [0.25, 0.3) is 0 Å². The lowest BCUT2D eigenvalue weighted by Crippen LogP contribution is -2.25. The van der Waals surface area contributed by atoms with Gasteiger partial charge < -0.3 is 4.74 Å². The van der Waals surface area contributed by atoms with Crippen LogP contribution in [0.2, 0.25) is 0 Å². The van der Waals surface area contributed by atoms with Crippen LogP contribution in [0.5, 0.6) is 5.75 Å². The van der Waals surface area contributed by atoms with Crippen LogP contribution in [-0.2, 0) is 4.79 Å². The van der Waals surface area contributed by atoms with Crippen LogP contribution >= 0.6 is 0 Å². The molecule has 2 heteroatoms. The van der Waals surface area contributed by atoms with E-state index in [2.05, 4.69) is 6.92 Å². The third-order valence-electron chi connectivity index (χ3n) is 2.37. The summed E-state index contributed by atoms with van der Waals surface area (Å²) in [6.07, 6.45) is 1.44. The van der Waals surface area contributed by atoms with Crippen molar-refractivity contribution in [2.45, 2.75) is 39.7 Å². The molecule has 15 heavy (non-hydrogen) atoms. The Morgan fingerprint density at radius 2 is 2.07 bits per heavy atom. The van der Waals surface area contributed by atoms with Gasteiger partial charge in [0.05, 0.1) is 0 Å². The van der Waals surface area contributed by atoms with E-state index in [4.69, 9.17) is 4.74 Å². The number of benzene rings is 1. The highest BCUT2D eigenvalue weighted by molar-refractivity contribution is 5.80. The number of hydrogen-bond acceptors (Lipinski definition) is 2. The van der Waals surface area contributed by atoms with Gasteiger partial charge >= 0.3 is 0 Å². The molecular weight excluding hydrogens is 188 g/mol. The fourth-order valence-electron chi connectivity index (χ4n) is 1.45. The molecule has 0 saturated carbocycles. The zero-order chi connectivity index (χ0) is 11.3. The van der Waals surface area contributed by atoms with E-state index in [-0.39, 0.29) is 11.9 Å². The second kappa shape index (κ2) is 5.54. The van der Waals surface area contributed by atoms with Crippen molar-refractivity contribution >= 4 is 5.78 Å². The standard InChI is InChI=1S/C13H18O2/c1-4-7-13(11(3)14)15-12-9-6-5-8-10(12)2/h5-6,8-9,13H,4,7H2,1-3H3. The van der Waals surface area contributed by atoms with E-state index in [0.717, 1.165) is 24.2 Å². The summed E-state index contributed by atoms with van der Waals surface area (Å²) in [6, 6.07) is 7.77. The summed E-state index contributed by atoms with van der Waals surface area (Å²) in [5.74, 6) is 0.909. The van der Waals surface area contributed by atoms with E-state index in [1.165, 1.54) is 0 Å². The molecule has 0 N–H and O–H groups in total. The largest absolute Gasteiger partial charge is 0.482 e. The van der Waals surface area contributed by atoms with Gasteiger partial charge in [-0.1, -0.05) is 31.5 Å². The molecule has 0 fully saturated rings. The molecule has 0 amide bonds. The third-order valence-corrected chi connectivity index (χ3v) is 2.37. The lowest BCUT2D eigenvalue weighted by Gasteiger charge is -2.17. The molecule has 82 valence electrons. The van der Waals surface area contributed by atoms with E-state index in [1.807, 2.05) is 31.2 Å². The first-order valence-electron chi connectivity index (χ1n) is 5.38. The van der Waals surface area contributed by atoms with E-state index < -0.39 is 0 Å². The molecule has 1 rings (SSSR count). The average molecular weight is 206 g/mol. The maximum absolute atomic E-state index is 11.3. The highest BCUT2D eigenvalue weighted by Crippen LogP contribution is 2.19. The van der Waals surface area contributed by atoms with Gasteiger partial charge in [-0.25, -0.2) is 0 Å². The van der Waals surface area contributed by atoms with Crippen molar-refractivity contribution < 1.29 is 9.53 Å². The van der Waals surface area contributed by atoms with E-state index in [0.29, 0.717) is 0 Å². The zero-order valence-electron chi connectivity index (χ0n) is 9.62. The molecule has 0 spiro atoms. The first kappa shape index (κ1) is 11.8. The number of ketones is 1. The van der Waals surface area contributed by atoms with Crippen molar-refractivity contribution in [3.8, 4) is 5.75 Å². The third kappa shape index (κ3) is 3.39. The Labute approximate surface area is 91.3 Å². The van der Waals surface area contributed by atoms with Gasteiger partial charge in [0.2, 0.25) is 0 Å². The fraction of sp³-hybridized carbons (Fsp3) is 0.462. The number of aryl methyl sites for hydroxylation is 1. The summed E-state index contributed by atoms with van der Waals surface area (Å²) in [6.45, 7) is 5.62. The van der Waals surface area contributed by atoms with Crippen LogP contribution in [0.1, 0.15) is 32.3 Å².